The Hall–Kier alpha value is -2.73. The molecule has 0 aliphatic heterocycles. The lowest BCUT2D eigenvalue weighted by molar-refractivity contribution is -0.116. The fourth-order valence-corrected chi connectivity index (χ4v) is 2.91. The van der Waals surface area contributed by atoms with E-state index in [4.69, 9.17) is 4.74 Å². The molecule has 0 saturated heterocycles. The second-order valence-electron chi connectivity index (χ2n) is 5.22. The molecule has 0 aliphatic rings. The highest BCUT2D eigenvalue weighted by molar-refractivity contribution is 7.09. The Kier molecular flexibility index (Phi) is 5.18. The number of hydrogen-bond donors (Lipinski definition) is 1. The van der Waals surface area contributed by atoms with E-state index in [9.17, 15) is 4.79 Å². The predicted octanol–water partition coefficient (Wildman–Crippen LogP) is 3.79. The lowest BCUT2D eigenvalue weighted by atomic mass is 10.1. The Bertz CT molecular complexity index is 801. The molecule has 5 nitrogen and oxygen atoms in total. The number of methoxy groups -OCH3 is 1. The Balaban J connectivity index is 1.57. The molecule has 1 amide bonds. The average Bonchev–Trinajstić information content (AvgIpc) is 3.15. The standard InChI is InChI=1S/C18H17N3O2S/c1-23-16-5-3-2-4-13(16)8-11-18(22)20-15-9-6-14(7-10-15)17-12-19-21-24-17/h2-7,9-10,12H,8,11H2,1H3,(H,20,22). The molecule has 3 rings (SSSR count). The van der Waals surface area contributed by atoms with Crippen molar-refractivity contribution in [2.24, 2.45) is 0 Å². The maximum Gasteiger partial charge on any atom is 0.224 e. The molecule has 122 valence electrons. The summed E-state index contributed by atoms with van der Waals surface area (Å²) in [6.07, 6.45) is 2.77. The quantitative estimate of drug-likeness (QED) is 0.742. The molecule has 0 spiro atoms. The molecule has 3 aromatic rings. The molecule has 6 heteroatoms. The third-order valence-electron chi connectivity index (χ3n) is 3.63. The van der Waals surface area contributed by atoms with Gasteiger partial charge in [-0.25, -0.2) is 0 Å². The van der Waals surface area contributed by atoms with Crippen LogP contribution in [-0.2, 0) is 11.2 Å². The number of ether oxygens (including phenoxy) is 1. The number of hydrogen-bond acceptors (Lipinski definition) is 5. The maximum atomic E-state index is 12.1. The molecular weight excluding hydrogens is 322 g/mol. The number of carbonyl (C=O) groups is 1. The van der Waals surface area contributed by atoms with Gasteiger partial charge in [-0.2, -0.15) is 0 Å². The highest BCUT2D eigenvalue weighted by atomic mass is 32.1. The second-order valence-corrected chi connectivity index (χ2v) is 6.00. The highest BCUT2D eigenvalue weighted by Crippen LogP contribution is 2.23. The first-order chi connectivity index (χ1) is 11.8. The fraction of sp³-hybridized carbons (Fsp3) is 0.167. The van der Waals surface area contributed by atoms with Crippen molar-refractivity contribution in [1.29, 1.82) is 0 Å². The van der Waals surface area contributed by atoms with Crippen LogP contribution >= 0.6 is 11.5 Å². The third-order valence-corrected chi connectivity index (χ3v) is 4.34. The minimum atomic E-state index is -0.0203. The van der Waals surface area contributed by atoms with Crippen LogP contribution < -0.4 is 10.1 Å². The number of amides is 1. The summed E-state index contributed by atoms with van der Waals surface area (Å²) < 4.78 is 9.15. The molecule has 1 heterocycles. The first kappa shape index (κ1) is 16.1. The van der Waals surface area contributed by atoms with Gasteiger partial charge < -0.3 is 10.1 Å². The van der Waals surface area contributed by atoms with Crippen molar-refractivity contribution in [2.75, 3.05) is 12.4 Å². The van der Waals surface area contributed by atoms with Gasteiger partial charge in [-0.3, -0.25) is 4.79 Å². The second kappa shape index (κ2) is 7.70. The van der Waals surface area contributed by atoms with Gasteiger partial charge in [0, 0.05) is 12.1 Å². The molecule has 0 radical (unpaired) electrons. The van der Waals surface area contributed by atoms with Crippen LogP contribution in [0.15, 0.2) is 54.7 Å². The summed E-state index contributed by atoms with van der Waals surface area (Å²) >= 11 is 1.34. The summed E-state index contributed by atoms with van der Waals surface area (Å²) in [6, 6.07) is 15.4. The van der Waals surface area contributed by atoms with E-state index in [0.29, 0.717) is 12.8 Å². The molecule has 1 N–H and O–H groups in total. The Labute approximate surface area is 144 Å². The zero-order valence-electron chi connectivity index (χ0n) is 13.2. The minimum Gasteiger partial charge on any atom is -0.496 e. The van der Waals surface area contributed by atoms with Gasteiger partial charge in [0.15, 0.2) is 0 Å². The summed E-state index contributed by atoms with van der Waals surface area (Å²) in [6.45, 7) is 0. The van der Waals surface area contributed by atoms with Crippen LogP contribution in [-0.4, -0.2) is 22.6 Å². The molecule has 0 aliphatic carbocycles. The number of anilines is 1. The maximum absolute atomic E-state index is 12.1. The highest BCUT2D eigenvalue weighted by Gasteiger charge is 2.07. The average molecular weight is 339 g/mol. The molecule has 2 aromatic carbocycles. The number of benzene rings is 2. The number of nitrogens with one attached hydrogen (secondary N) is 1. The van der Waals surface area contributed by atoms with Gasteiger partial charge in [0.2, 0.25) is 5.91 Å². The predicted molar refractivity (Wildman–Crippen MR) is 95.3 cm³/mol. The van der Waals surface area contributed by atoms with Gasteiger partial charge in [0.1, 0.15) is 5.75 Å². The van der Waals surface area contributed by atoms with E-state index in [0.717, 1.165) is 27.4 Å². The van der Waals surface area contributed by atoms with Crippen molar-refractivity contribution in [3.05, 3.63) is 60.3 Å². The van der Waals surface area contributed by atoms with Crippen molar-refractivity contribution in [3.8, 4) is 16.2 Å². The first-order valence-corrected chi connectivity index (χ1v) is 8.33. The first-order valence-electron chi connectivity index (χ1n) is 7.56. The van der Waals surface area contributed by atoms with Crippen molar-refractivity contribution >= 4 is 23.1 Å². The number of nitrogens with zero attached hydrogens (tertiary/aromatic N) is 2. The van der Waals surface area contributed by atoms with Crippen LogP contribution in [0, 0.1) is 0 Å². The SMILES string of the molecule is COc1ccccc1CCC(=O)Nc1ccc(-c2cnns2)cc1. The summed E-state index contributed by atoms with van der Waals surface area (Å²) in [5, 5.41) is 6.74. The van der Waals surface area contributed by atoms with Gasteiger partial charge in [-0.15, -0.1) is 5.10 Å². The summed E-state index contributed by atoms with van der Waals surface area (Å²) in [5.74, 6) is 0.793. The van der Waals surface area contributed by atoms with Gasteiger partial charge in [-0.1, -0.05) is 34.8 Å². The van der Waals surface area contributed by atoms with E-state index >= 15 is 0 Å². The van der Waals surface area contributed by atoms with E-state index in [1.807, 2.05) is 48.5 Å². The fourth-order valence-electron chi connectivity index (χ4n) is 2.39. The van der Waals surface area contributed by atoms with Gasteiger partial charge >= 0.3 is 0 Å². The Morgan fingerprint density at radius 2 is 1.96 bits per heavy atom. The van der Waals surface area contributed by atoms with Crippen LogP contribution in [0.1, 0.15) is 12.0 Å². The van der Waals surface area contributed by atoms with Crippen LogP contribution in [0.25, 0.3) is 10.4 Å². The van der Waals surface area contributed by atoms with Crippen LogP contribution in [0.2, 0.25) is 0 Å². The molecule has 0 fully saturated rings. The van der Waals surface area contributed by atoms with Crippen molar-refractivity contribution < 1.29 is 9.53 Å². The third kappa shape index (κ3) is 3.97. The molecule has 0 unspecified atom stereocenters. The Morgan fingerprint density at radius 1 is 1.17 bits per heavy atom. The zero-order chi connectivity index (χ0) is 16.8. The van der Waals surface area contributed by atoms with E-state index in [1.165, 1.54) is 11.5 Å². The lowest BCUT2D eigenvalue weighted by Gasteiger charge is -2.09. The largest absolute Gasteiger partial charge is 0.496 e. The number of rotatable bonds is 6. The number of aromatic nitrogens is 2. The van der Waals surface area contributed by atoms with E-state index < -0.39 is 0 Å². The molecule has 24 heavy (non-hydrogen) atoms. The lowest BCUT2D eigenvalue weighted by Crippen LogP contribution is -2.12. The van der Waals surface area contributed by atoms with E-state index in [1.54, 1.807) is 13.3 Å². The van der Waals surface area contributed by atoms with E-state index in [2.05, 4.69) is 14.9 Å². The van der Waals surface area contributed by atoms with Crippen LogP contribution in [0.3, 0.4) is 0 Å². The normalized spacial score (nSPS) is 10.4. The zero-order valence-corrected chi connectivity index (χ0v) is 14.0. The van der Waals surface area contributed by atoms with Gasteiger partial charge in [0.05, 0.1) is 18.2 Å². The summed E-state index contributed by atoms with van der Waals surface area (Å²) in [5.41, 5.74) is 2.85. The smallest absolute Gasteiger partial charge is 0.224 e. The van der Waals surface area contributed by atoms with Crippen molar-refractivity contribution in [1.82, 2.24) is 9.59 Å². The number of para-hydroxylation sites is 1. The van der Waals surface area contributed by atoms with Crippen LogP contribution in [0.4, 0.5) is 5.69 Å². The summed E-state index contributed by atoms with van der Waals surface area (Å²) in [7, 11) is 1.64. The van der Waals surface area contributed by atoms with E-state index in [-0.39, 0.29) is 5.91 Å². The summed E-state index contributed by atoms with van der Waals surface area (Å²) in [4.78, 5) is 13.1. The van der Waals surface area contributed by atoms with Gasteiger partial charge in [-0.05, 0) is 47.3 Å². The monoisotopic (exact) mass is 339 g/mol. The molecular formula is C18H17N3O2S. The number of aryl methyl sites for hydroxylation is 1. The van der Waals surface area contributed by atoms with Crippen LogP contribution in [0.5, 0.6) is 5.75 Å². The topological polar surface area (TPSA) is 64.1 Å². The minimum absolute atomic E-state index is 0.0203. The van der Waals surface area contributed by atoms with Gasteiger partial charge in [0.25, 0.3) is 0 Å². The molecule has 0 saturated carbocycles. The van der Waals surface area contributed by atoms with Crippen molar-refractivity contribution in [2.45, 2.75) is 12.8 Å². The number of carbonyl (C=O) groups excluding carboxylic acids is 1. The Morgan fingerprint density at radius 3 is 2.67 bits per heavy atom. The molecule has 0 atom stereocenters. The molecule has 0 bridgehead atoms. The molecule has 1 aromatic heterocycles. The van der Waals surface area contributed by atoms with Crippen molar-refractivity contribution in [3.63, 3.8) is 0 Å².